The molecule has 0 bridgehead atoms. The average molecular weight is 476 g/mol. The van der Waals surface area contributed by atoms with Gasteiger partial charge in [-0.05, 0) is 60.2 Å². The van der Waals surface area contributed by atoms with E-state index in [2.05, 4.69) is 38.5 Å². The molecule has 3 heterocycles. The third kappa shape index (κ3) is 3.45. The smallest absolute Gasteiger partial charge is 0.157 e. The number of nitrogens with zero attached hydrogens (tertiary/aromatic N) is 5. The molecule has 1 aliphatic heterocycles. The number of halogens is 2. The molecule has 0 amide bonds. The van der Waals surface area contributed by atoms with E-state index in [9.17, 15) is 5.26 Å². The van der Waals surface area contributed by atoms with Gasteiger partial charge in [0.05, 0.1) is 26.6 Å². The topological polar surface area (TPSA) is 47.6 Å². The van der Waals surface area contributed by atoms with Gasteiger partial charge < -0.3 is 4.90 Å². The molecule has 0 N–H and O–H groups in total. The van der Waals surface area contributed by atoms with Crippen LogP contribution in [0.1, 0.15) is 28.7 Å². The van der Waals surface area contributed by atoms with E-state index in [1.807, 2.05) is 24.3 Å². The van der Waals surface area contributed by atoms with E-state index >= 15 is 0 Å². The zero-order valence-electron chi connectivity index (χ0n) is 18.2. The number of piperazine rings is 1. The van der Waals surface area contributed by atoms with Crippen molar-refractivity contribution in [3.05, 3.63) is 74.8 Å². The molecule has 0 radical (unpaired) electrons. The third-order valence-electron chi connectivity index (χ3n) is 6.96. The minimum Gasteiger partial charge on any atom is -0.355 e. The number of hydrogen-bond acceptors (Lipinski definition) is 4. The Labute approximate surface area is 202 Å². The highest BCUT2D eigenvalue weighted by molar-refractivity contribution is 6.42. The van der Waals surface area contributed by atoms with E-state index in [0.29, 0.717) is 10.0 Å². The summed E-state index contributed by atoms with van der Waals surface area (Å²) in [4.78, 5) is 9.84. The predicted molar refractivity (Wildman–Crippen MR) is 133 cm³/mol. The molecule has 5 nitrogen and oxygen atoms in total. The predicted octanol–water partition coefficient (Wildman–Crippen LogP) is 5.48. The number of nitriles is 1. The van der Waals surface area contributed by atoms with Crippen LogP contribution in [0.15, 0.2) is 42.5 Å². The van der Waals surface area contributed by atoms with E-state index in [1.54, 1.807) is 0 Å². The highest BCUT2D eigenvalue weighted by Crippen LogP contribution is 2.38. The van der Waals surface area contributed by atoms with E-state index < -0.39 is 0 Å². The quantitative estimate of drug-likeness (QED) is 0.393. The van der Waals surface area contributed by atoms with E-state index in [-0.39, 0.29) is 0 Å². The Bertz CT molecular complexity index is 1430. The zero-order chi connectivity index (χ0) is 22.5. The van der Waals surface area contributed by atoms with Crippen LogP contribution in [0.4, 0.5) is 5.82 Å². The van der Waals surface area contributed by atoms with Crippen molar-refractivity contribution >= 4 is 45.7 Å². The zero-order valence-corrected chi connectivity index (χ0v) is 19.7. The molecule has 6 rings (SSSR count). The maximum atomic E-state index is 10.00. The van der Waals surface area contributed by atoms with Gasteiger partial charge >= 0.3 is 0 Å². The highest BCUT2D eigenvalue weighted by atomic mass is 35.5. The fourth-order valence-electron chi connectivity index (χ4n) is 5.41. The summed E-state index contributed by atoms with van der Waals surface area (Å²) in [5.41, 5.74) is 7.28. The number of pyridine rings is 1. The van der Waals surface area contributed by atoms with Crippen molar-refractivity contribution in [2.24, 2.45) is 0 Å². The van der Waals surface area contributed by atoms with Crippen LogP contribution in [0, 0.1) is 11.3 Å². The fourth-order valence-corrected chi connectivity index (χ4v) is 5.73. The molecule has 0 spiro atoms. The van der Waals surface area contributed by atoms with Crippen LogP contribution < -0.4 is 4.90 Å². The molecule has 2 aromatic carbocycles. The van der Waals surface area contributed by atoms with Gasteiger partial charge in [-0.15, -0.1) is 0 Å². The van der Waals surface area contributed by atoms with Crippen LogP contribution in [0.25, 0.3) is 16.7 Å². The maximum Gasteiger partial charge on any atom is 0.157 e. The number of imidazole rings is 1. The first kappa shape index (κ1) is 20.8. The average Bonchev–Trinajstić information content (AvgIpc) is 3.46. The van der Waals surface area contributed by atoms with Crippen molar-refractivity contribution in [3.63, 3.8) is 0 Å². The second-order valence-electron chi connectivity index (χ2n) is 8.89. The molecule has 0 saturated carbocycles. The molecule has 2 aromatic heterocycles. The normalized spacial score (nSPS) is 16.5. The summed E-state index contributed by atoms with van der Waals surface area (Å²) in [6, 6.07) is 16.6. The van der Waals surface area contributed by atoms with Crippen molar-refractivity contribution in [2.45, 2.75) is 25.8 Å². The first-order chi connectivity index (χ1) is 16.1. The summed E-state index contributed by atoms with van der Waals surface area (Å²) in [5.74, 6) is 1.24. The van der Waals surface area contributed by atoms with Gasteiger partial charge in [-0.2, -0.15) is 5.26 Å². The number of para-hydroxylation sites is 2. The summed E-state index contributed by atoms with van der Waals surface area (Å²) in [6.07, 6.45) is 3.08. The molecule has 0 unspecified atom stereocenters. The van der Waals surface area contributed by atoms with Crippen molar-refractivity contribution in [1.82, 2.24) is 14.3 Å². The minimum absolute atomic E-state index is 0.594. The van der Waals surface area contributed by atoms with Crippen molar-refractivity contribution in [2.75, 3.05) is 31.1 Å². The number of rotatable bonds is 3. The fraction of sp³-hybridized carbons (Fsp3) is 0.308. The molecule has 166 valence electrons. The van der Waals surface area contributed by atoms with Gasteiger partial charge in [-0.25, -0.2) is 4.98 Å². The number of hydrogen-bond donors (Lipinski definition) is 0. The number of fused-ring (bicyclic) bond motifs is 4. The summed E-state index contributed by atoms with van der Waals surface area (Å²) < 4.78 is 2.24. The van der Waals surface area contributed by atoms with Crippen molar-refractivity contribution < 1.29 is 0 Å². The molecule has 33 heavy (non-hydrogen) atoms. The largest absolute Gasteiger partial charge is 0.355 e. The number of aromatic nitrogens is 2. The molecular formula is C26H23Cl2N5. The van der Waals surface area contributed by atoms with E-state index in [0.717, 1.165) is 74.2 Å². The lowest BCUT2D eigenvalue weighted by Crippen LogP contribution is -2.47. The van der Waals surface area contributed by atoms with Gasteiger partial charge in [0, 0.05) is 32.7 Å². The summed E-state index contributed by atoms with van der Waals surface area (Å²) in [5, 5.41) is 11.2. The van der Waals surface area contributed by atoms with Gasteiger partial charge in [-0.3, -0.25) is 9.30 Å². The van der Waals surface area contributed by atoms with Crippen LogP contribution in [0.5, 0.6) is 0 Å². The highest BCUT2D eigenvalue weighted by Gasteiger charge is 2.30. The van der Waals surface area contributed by atoms with Crippen LogP contribution in [0.2, 0.25) is 10.0 Å². The van der Waals surface area contributed by atoms with Crippen LogP contribution in [-0.2, 0) is 19.4 Å². The lowest BCUT2D eigenvalue weighted by atomic mass is 10.0. The standard InChI is InChI=1S/C26H23Cl2N5/c27-21-9-8-17(14-22(21)28)16-31-10-12-32(13-11-31)26-19-5-3-4-18(19)20(15-29)25-30-23-6-1-2-7-24(23)33(25)26/h1-2,6-9,14H,3-5,10-13,16H2. The molecule has 1 fully saturated rings. The van der Waals surface area contributed by atoms with Gasteiger partial charge in [0.2, 0.25) is 0 Å². The van der Waals surface area contributed by atoms with Crippen LogP contribution in [-0.4, -0.2) is 40.5 Å². The monoisotopic (exact) mass is 475 g/mol. The SMILES string of the molecule is N#Cc1c2c(c(N3CCN(Cc4ccc(Cl)c(Cl)c4)CC3)n3c1nc1ccccc13)CCC2. The molecule has 7 heteroatoms. The number of benzene rings is 2. The molecule has 1 saturated heterocycles. The first-order valence-electron chi connectivity index (χ1n) is 11.4. The Morgan fingerprint density at radius 3 is 2.52 bits per heavy atom. The summed E-state index contributed by atoms with van der Waals surface area (Å²) >= 11 is 12.3. The van der Waals surface area contributed by atoms with Crippen LogP contribution >= 0.6 is 23.2 Å². The summed E-state index contributed by atoms with van der Waals surface area (Å²) in [7, 11) is 0. The Morgan fingerprint density at radius 2 is 1.73 bits per heavy atom. The third-order valence-corrected chi connectivity index (χ3v) is 7.70. The first-order valence-corrected chi connectivity index (χ1v) is 12.2. The Morgan fingerprint density at radius 1 is 0.939 bits per heavy atom. The molecule has 0 atom stereocenters. The molecular weight excluding hydrogens is 453 g/mol. The molecule has 4 aromatic rings. The van der Waals surface area contributed by atoms with E-state index in [1.165, 1.54) is 22.5 Å². The number of anilines is 1. The lowest BCUT2D eigenvalue weighted by Gasteiger charge is -2.37. The molecule has 2 aliphatic rings. The summed E-state index contributed by atoms with van der Waals surface area (Å²) in [6.45, 7) is 4.65. The Hall–Kier alpha value is -2.78. The molecule has 1 aliphatic carbocycles. The second-order valence-corrected chi connectivity index (χ2v) is 9.71. The second kappa shape index (κ2) is 8.22. The Kier molecular flexibility index (Phi) is 5.18. The van der Waals surface area contributed by atoms with E-state index in [4.69, 9.17) is 28.2 Å². The Balaban J connectivity index is 1.36. The van der Waals surface area contributed by atoms with Crippen molar-refractivity contribution in [3.8, 4) is 6.07 Å². The van der Waals surface area contributed by atoms with Gasteiger partial charge in [-0.1, -0.05) is 41.4 Å². The van der Waals surface area contributed by atoms with Crippen LogP contribution in [0.3, 0.4) is 0 Å². The van der Waals surface area contributed by atoms with Gasteiger partial charge in [0.1, 0.15) is 11.9 Å². The maximum absolute atomic E-state index is 10.00. The van der Waals surface area contributed by atoms with Gasteiger partial charge in [0.25, 0.3) is 0 Å². The minimum atomic E-state index is 0.594. The lowest BCUT2D eigenvalue weighted by molar-refractivity contribution is 0.249. The van der Waals surface area contributed by atoms with Crippen molar-refractivity contribution in [1.29, 1.82) is 5.26 Å². The van der Waals surface area contributed by atoms with Gasteiger partial charge in [0.15, 0.2) is 5.65 Å².